The van der Waals surface area contributed by atoms with Gasteiger partial charge in [-0.05, 0) is 91.6 Å². The summed E-state index contributed by atoms with van der Waals surface area (Å²) in [5.74, 6) is 0.626. The second kappa shape index (κ2) is 8.80. The number of hydrogen-bond donors (Lipinski definition) is 2. The fourth-order valence-electron chi connectivity index (χ4n) is 4.41. The van der Waals surface area contributed by atoms with Gasteiger partial charge in [-0.2, -0.15) is 0 Å². The van der Waals surface area contributed by atoms with Crippen molar-refractivity contribution in [1.82, 2.24) is 10.3 Å². The molecule has 3 aromatic rings. The number of hydrogen-bond acceptors (Lipinski definition) is 3. The van der Waals surface area contributed by atoms with Gasteiger partial charge in [0.05, 0.1) is 7.11 Å². The number of H-pyrrole nitrogens is 1. The van der Waals surface area contributed by atoms with E-state index in [1.807, 2.05) is 50.2 Å². The van der Waals surface area contributed by atoms with Gasteiger partial charge in [-0.3, -0.25) is 9.59 Å². The first-order chi connectivity index (χ1) is 15.0. The van der Waals surface area contributed by atoms with Gasteiger partial charge in [-0.25, -0.2) is 0 Å². The Kier molecular flexibility index (Phi) is 5.94. The van der Waals surface area contributed by atoms with Gasteiger partial charge in [-0.15, -0.1) is 0 Å². The number of benzene rings is 2. The number of amides is 1. The van der Waals surface area contributed by atoms with Crippen LogP contribution in [0.1, 0.15) is 51.1 Å². The minimum Gasteiger partial charge on any atom is -0.497 e. The largest absolute Gasteiger partial charge is 0.497 e. The van der Waals surface area contributed by atoms with Crippen LogP contribution >= 0.6 is 0 Å². The van der Waals surface area contributed by atoms with Crippen molar-refractivity contribution in [3.63, 3.8) is 0 Å². The molecule has 2 aromatic carbocycles. The van der Waals surface area contributed by atoms with Gasteiger partial charge < -0.3 is 15.0 Å². The first-order valence-corrected chi connectivity index (χ1v) is 10.7. The highest BCUT2D eigenvalue weighted by Crippen LogP contribution is 2.27. The zero-order valence-corrected chi connectivity index (χ0v) is 18.3. The molecular formula is C26H28N2O3. The molecule has 2 N–H and O–H groups in total. The number of fused-ring (bicyclic) bond motifs is 1. The molecule has 1 aliphatic rings. The van der Waals surface area contributed by atoms with Crippen molar-refractivity contribution in [2.75, 3.05) is 7.11 Å². The Labute approximate surface area is 182 Å². The number of aromatic amines is 1. The number of aromatic nitrogens is 1. The molecule has 5 nitrogen and oxygen atoms in total. The summed E-state index contributed by atoms with van der Waals surface area (Å²) in [6.07, 6.45) is 4.12. The normalized spacial score (nSPS) is 12.9. The lowest BCUT2D eigenvalue weighted by atomic mass is 9.88. The van der Waals surface area contributed by atoms with Gasteiger partial charge in [0.2, 0.25) is 0 Å². The highest BCUT2D eigenvalue weighted by atomic mass is 16.5. The van der Waals surface area contributed by atoms with Crippen molar-refractivity contribution in [1.29, 1.82) is 0 Å². The molecule has 31 heavy (non-hydrogen) atoms. The quantitative estimate of drug-likeness (QED) is 0.644. The van der Waals surface area contributed by atoms with Gasteiger partial charge in [0, 0.05) is 23.4 Å². The van der Waals surface area contributed by atoms with Crippen molar-refractivity contribution in [2.45, 2.75) is 46.1 Å². The Morgan fingerprint density at radius 1 is 1.00 bits per heavy atom. The highest BCUT2D eigenvalue weighted by molar-refractivity contribution is 5.94. The van der Waals surface area contributed by atoms with E-state index in [2.05, 4.69) is 16.4 Å². The average molecular weight is 417 g/mol. The Morgan fingerprint density at radius 2 is 1.71 bits per heavy atom. The first-order valence-electron chi connectivity index (χ1n) is 10.7. The Balaban J connectivity index is 1.51. The molecule has 0 unspecified atom stereocenters. The van der Waals surface area contributed by atoms with E-state index in [0.29, 0.717) is 11.1 Å². The third kappa shape index (κ3) is 4.41. The fraction of sp³-hybridized carbons (Fsp3) is 0.308. The van der Waals surface area contributed by atoms with Crippen molar-refractivity contribution >= 4 is 5.91 Å². The van der Waals surface area contributed by atoms with Crippen molar-refractivity contribution in [2.24, 2.45) is 0 Å². The Morgan fingerprint density at radius 3 is 2.42 bits per heavy atom. The molecule has 5 heteroatoms. The zero-order valence-electron chi connectivity index (χ0n) is 18.3. The fourth-order valence-corrected chi connectivity index (χ4v) is 4.41. The van der Waals surface area contributed by atoms with Crippen LogP contribution in [-0.4, -0.2) is 18.0 Å². The molecule has 1 heterocycles. The summed E-state index contributed by atoms with van der Waals surface area (Å²) in [6, 6.07) is 13.5. The number of carbonyl (C=O) groups excluding carboxylic acids is 1. The van der Waals surface area contributed by atoms with Gasteiger partial charge in [0.25, 0.3) is 11.5 Å². The predicted octanol–water partition coefficient (Wildman–Crippen LogP) is 4.48. The van der Waals surface area contributed by atoms with Gasteiger partial charge in [-0.1, -0.05) is 18.2 Å². The van der Waals surface area contributed by atoms with Gasteiger partial charge in [0.1, 0.15) is 5.75 Å². The SMILES string of the molecule is COc1cc(C)cc(-c2ccc(C(=O)NCc3c4c(c(C)[nH]c3=O)CCCC4)cc2)c1. The topological polar surface area (TPSA) is 71.2 Å². The smallest absolute Gasteiger partial charge is 0.253 e. The first kappa shape index (κ1) is 20.9. The van der Waals surface area contributed by atoms with E-state index >= 15 is 0 Å². The molecule has 4 rings (SSSR count). The second-order valence-electron chi connectivity index (χ2n) is 8.22. The molecular weight excluding hydrogens is 388 g/mol. The van der Waals surface area contributed by atoms with E-state index < -0.39 is 0 Å². The van der Waals surface area contributed by atoms with Crippen LogP contribution in [0.2, 0.25) is 0 Å². The van der Waals surface area contributed by atoms with E-state index in [1.54, 1.807) is 7.11 Å². The molecule has 0 fully saturated rings. The summed E-state index contributed by atoms with van der Waals surface area (Å²) < 4.78 is 5.36. The maximum absolute atomic E-state index is 12.7. The van der Waals surface area contributed by atoms with Crippen LogP contribution in [0, 0.1) is 13.8 Å². The van der Waals surface area contributed by atoms with Crippen LogP contribution in [0.4, 0.5) is 0 Å². The van der Waals surface area contributed by atoms with Crippen LogP contribution in [0.5, 0.6) is 5.75 Å². The van der Waals surface area contributed by atoms with Crippen LogP contribution in [-0.2, 0) is 19.4 Å². The Hall–Kier alpha value is -3.34. The van der Waals surface area contributed by atoms with Crippen molar-refractivity contribution in [3.8, 4) is 16.9 Å². The van der Waals surface area contributed by atoms with Gasteiger partial charge in [0.15, 0.2) is 0 Å². The van der Waals surface area contributed by atoms with E-state index in [9.17, 15) is 9.59 Å². The number of aryl methyl sites for hydroxylation is 2. The second-order valence-corrected chi connectivity index (χ2v) is 8.22. The molecule has 0 saturated heterocycles. The predicted molar refractivity (Wildman–Crippen MR) is 123 cm³/mol. The highest BCUT2D eigenvalue weighted by Gasteiger charge is 2.19. The summed E-state index contributed by atoms with van der Waals surface area (Å²) in [7, 11) is 1.66. The monoisotopic (exact) mass is 416 g/mol. The van der Waals surface area contributed by atoms with Gasteiger partial charge >= 0.3 is 0 Å². The number of pyridine rings is 1. The summed E-state index contributed by atoms with van der Waals surface area (Å²) in [4.78, 5) is 28.2. The molecule has 0 atom stereocenters. The van der Waals surface area contributed by atoms with E-state index in [-0.39, 0.29) is 18.0 Å². The lowest BCUT2D eigenvalue weighted by Gasteiger charge is -2.21. The third-order valence-electron chi connectivity index (χ3n) is 6.05. The summed E-state index contributed by atoms with van der Waals surface area (Å²) >= 11 is 0. The van der Waals surface area contributed by atoms with E-state index in [1.165, 1.54) is 5.56 Å². The third-order valence-corrected chi connectivity index (χ3v) is 6.05. The maximum Gasteiger partial charge on any atom is 0.253 e. The van der Waals surface area contributed by atoms with Crippen LogP contribution in [0.15, 0.2) is 47.3 Å². The van der Waals surface area contributed by atoms with E-state index in [4.69, 9.17) is 4.74 Å². The summed E-state index contributed by atoms with van der Waals surface area (Å²) in [6.45, 7) is 4.23. The van der Waals surface area contributed by atoms with E-state index in [0.717, 1.165) is 59.4 Å². The molecule has 1 amide bonds. The molecule has 1 aromatic heterocycles. The number of rotatable bonds is 5. The number of carbonyl (C=O) groups is 1. The minimum absolute atomic E-state index is 0.0952. The zero-order chi connectivity index (χ0) is 22.0. The average Bonchev–Trinajstić information content (AvgIpc) is 2.78. The van der Waals surface area contributed by atoms with Crippen LogP contribution in [0.3, 0.4) is 0 Å². The van der Waals surface area contributed by atoms with Crippen molar-refractivity contribution in [3.05, 3.63) is 86.3 Å². The molecule has 0 aliphatic heterocycles. The lowest BCUT2D eigenvalue weighted by Crippen LogP contribution is -2.30. The number of nitrogens with one attached hydrogen (secondary N) is 2. The lowest BCUT2D eigenvalue weighted by molar-refractivity contribution is 0.0950. The molecule has 0 radical (unpaired) electrons. The van der Waals surface area contributed by atoms with Crippen molar-refractivity contribution < 1.29 is 9.53 Å². The number of ether oxygens (including phenoxy) is 1. The van der Waals surface area contributed by atoms with Crippen LogP contribution < -0.4 is 15.6 Å². The maximum atomic E-state index is 12.7. The Bertz CT molecular complexity index is 1180. The molecule has 160 valence electrons. The summed E-state index contributed by atoms with van der Waals surface area (Å²) in [5.41, 5.74) is 7.66. The summed E-state index contributed by atoms with van der Waals surface area (Å²) in [5, 5.41) is 2.93. The molecule has 0 spiro atoms. The standard InChI is InChI=1S/C26H28N2O3/c1-16-12-20(14-21(13-16)31-3)18-8-10-19(11-9-18)25(29)27-15-24-23-7-5-4-6-22(23)17(2)28-26(24)30/h8-14H,4-7,15H2,1-3H3,(H,27,29)(H,28,30). The molecule has 0 bridgehead atoms. The molecule has 0 saturated carbocycles. The molecule has 1 aliphatic carbocycles. The van der Waals surface area contributed by atoms with Crippen LogP contribution in [0.25, 0.3) is 11.1 Å². The minimum atomic E-state index is -0.182. The number of methoxy groups -OCH3 is 1.